The van der Waals surface area contributed by atoms with Crippen LogP contribution in [-0.2, 0) is 5.41 Å². The molecule has 0 aliphatic heterocycles. The number of benzene rings is 1. The Kier molecular flexibility index (Phi) is 7.47. The van der Waals surface area contributed by atoms with Crippen molar-refractivity contribution in [3.63, 3.8) is 0 Å². The predicted octanol–water partition coefficient (Wildman–Crippen LogP) is 3.79. The van der Waals surface area contributed by atoms with Gasteiger partial charge in [0.1, 0.15) is 5.75 Å². The van der Waals surface area contributed by atoms with Gasteiger partial charge >= 0.3 is 0 Å². The molecule has 0 bridgehead atoms. The van der Waals surface area contributed by atoms with E-state index in [0.717, 1.165) is 17.5 Å². The van der Waals surface area contributed by atoms with Gasteiger partial charge in [-0.05, 0) is 36.0 Å². The molecular formula is C14H22KO. The summed E-state index contributed by atoms with van der Waals surface area (Å²) in [5.74, 6) is 0.441. The zero-order valence-corrected chi connectivity index (χ0v) is 14.4. The largest absolute Gasteiger partial charge is 0.508 e. The number of phenolic OH excluding ortho intramolecular Hbond substituents is 1. The van der Waals surface area contributed by atoms with E-state index in [-0.39, 0.29) is 56.8 Å². The Morgan fingerprint density at radius 1 is 1.25 bits per heavy atom. The molecule has 85 valence electrons. The smallest absolute Gasteiger partial charge is 0.119 e. The van der Waals surface area contributed by atoms with Crippen LogP contribution in [0.5, 0.6) is 5.75 Å². The summed E-state index contributed by atoms with van der Waals surface area (Å²) in [6.45, 7) is 8.60. The summed E-state index contributed by atoms with van der Waals surface area (Å²) in [5, 5.41) is 9.93. The van der Waals surface area contributed by atoms with Gasteiger partial charge in [0.05, 0.1) is 0 Å². The molecule has 1 rings (SSSR count). The van der Waals surface area contributed by atoms with Crippen LogP contribution < -0.4 is 0 Å². The predicted molar refractivity (Wildman–Crippen MR) is 71.1 cm³/mol. The van der Waals surface area contributed by atoms with Crippen molar-refractivity contribution in [3.05, 3.63) is 29.3 Å². The molecule has 0 aliphatic rings. The Labute approximate surface area is 142 Å². The van der Waals surface area contributed by atoms with Crippen LogP contribution in [0.2, 0.25) is 0 Å². The fourth-order valence-electron chi connectivity index (χ4n) is 1.97. The van der Waals surface area contributed by atoms with Gasteiger partial charge in [-0.15, -0.1) is 0 Å². The van der Waals surface area contributed by atoms with Gasteiger partial charge in [0.2, 0.25) is 0 Å². The Hall–Kier alpha value is 0.656. The number of aromatic hydroxyl groups is 1. The van der Waals surface area contributed by atoms with Gasteiger partial charge in [-0.3, -0.25) is 0 Å². The molecule has 2 heteroatoms. The summed E-state index contributed by atoms with van der Waals surface area (Å²) in [4.78, 5) is 0. The minimum absolute atomic E-state index is 0. The Bertz CT molecular complexity index is 332. The molecule has 1 N–H and O–H groups in total. The Balaban J connectivity index is 0.00000225. The van der Waals surface area contributed by atoms with Crippen LogP contribution >= 0.6 is 0 Å². The van der Waals surface area contributed by atoms with Crippen LogP contribution in [0.4, 0.5) is 0 Å². The number of rotatable bonds is 4. The minimum Gasteiger partial charge on any atom is -0.508 e. The first kappa shape index (κ1) is 16.7. The molecular weight excluding hydrogens is 223 g/mol. The maximum atomic E-state index is 9.93. The summed E-state index contributed by atoms with van der Waals surface area (Å²) in [6, 6.07) is 5.98. The molecule has 0 atom stereocenters. The van der Waals surface area contributed by atoms with E-state index in [1.54, 1.807) is 0 Å². The maximum Gasteiger partial charge on any atom is 0.119 e. The van der Waals surface area contributed by atoms with Crippen LogP contribution in [0.15, 0.2) is 18.2 Å². The maximum absolute atomic E-state index is 9.93. The fourth-order valence-corrected chi connectivity index (χ4v) is 1.97. The van der Waals surface area contributed by atoms with Crippen molar-refractivity contribution in [2.24, 2.45) is 0 Å². The van der Waals surface area contributed by atoms with Crippen molar-refractivity contribution >= 4 is 51.4 Å². The van der Waals surface area contributed by atoms with Gasteiger partial charge in [0.25, 0.3) is 0 Å². The molecule has 0 saturated carbocycles. The molecule has 1 nitrogen and oxygen atoms in total. The first-order chi connectivity index (χ1) is 6.97. The molecule has 0 spiro atoms. The zero-order chi connectivity index (χ0) is 11.5. The molecule has 0 fully saturated rings. The number of hydrogen-bond donors (Lipinski definition) is 1. The van der Waals surface area contributed by atoms with Crippen molar-refractivity contribution in [2.75, 3.05) is 0 Å². The second-order valence-electron chi connectivity index (χ2n) is 5.01. The molecule has 1 radical (unpaired) electrons. The first-order valence-electron chi connectivity index (χ1n) is 5.77. The van der Waals surface area contributed by atoms with Crippen molar-refractivity contribution < 1.29 is 5.11 Å². The van der Waals surface area contributed by atoms with Crippen LogP contribution in [0, 0.1) is 6.92 Å². The zero-order valence-electron chi connectivity index (χ0n) is 11.3. The average Bonchev–Trinajstić information content (AvgIpc) is 2.14. The van der Waals surface area contributed by atoms with Gasteiger partial charge in [-0.1, -0.05) is 45.7 Å². The topological polar surface area (TPSA) is 20.2 Å². The van der Waals surface area contributed by atoms with Crippen LogP contribution in [-0.4, -0.2) is 56.5 Å². The number of phenols is 1. The van der Waals surface area contributed by atoms with E-state index < -0.39 is 0 Å². The van der Waals surface area contributed by atoms with E-state index in [2.05, 4.69) is 32.9 Å². The Morgan fingerprint density at radius 2 is 1.88 bits per heavy atom. The van der Waals surface area contributed by atoms with Gasteiger partial charge < -0.3 is 5.11 Å². The van der Waals surface area contributed by atoms with E-state index in [0.29, 0.717) is 5.75 Å². The van der Waals surface area contributed by atoms with E-state index in [9.17, 15) is 5.11 Å². The molecule has 0 heterocycles. The molecule has 0 amide bonds. The van der Waals surface area contributed by atoms with E-state index in [1.165, 1.54) is 12.8 Å². The van der Waals surface area contributed by atoms with Gasteiger partial charge in [0, 0.05) is 51.4 Å². The van der Waals surface area contributed by atoms with E-state index in [4.69, 9.17) is 0 Å². The third kappa shape index (κ3) is 4.50. The van der Waals surface area contributed by atoms with Crippen molar-refractivity contribution in [1.82, 2.24) is 0 Å². The molecule has 0 aliphatic carbocycles. The first-order valence-corrected chi connectivity index (χ1v) is 5.77. The second kappa shape index (κ2) is 7.17. The van der Waals surface area contributed by atoms with Gasteiger partial charge in [-0.2, -0.15) is 0 Å². The summed E-state index contributed by atoms with van der Waals surface area (Å²) in [5.41, 5.74) is 2.26. The summed E-state index contributed by atoms with van der Waals surface area (Å²) >= 11 is 0. The second-order valence-corrected chi connectivity index (χ2v) is 5.01. The third-order valence-corrected chi connectivity index (χ3v) is 3.04. The summed E-state index contributed by atoms with van der Waals surface area (Å²) in [7, 11) is 0. The summed E-state index contributed by atoms with van der Waals surface area (Å²) < 4.78 is 0. The Morgan fingerprint density at radius 3 is 2.38 bits per heavy atom. The monoisotopic (exact) mass is 245 g/mol. The molecule has 16 heavy (non-hydrogen) atoms. The molecule has 1 aromatic rings. The van der Waals surface area contributed by atoms with Crippen LogP contribution in [0.3, 0.4) is 0 Å². The standard InChI is InChI=1S/C14H22O.K/c1-5-6-9-14(3,4)12-8-7-11(2)10-13(12)15;/h7-8,10,15H,5-6,9H2,1-4H3;. The molecule has 0 saturated heterocycles. The summed E-state index contributed by atoms with van der Waals surface area (Å²) in [6.07, 6.45) is 3.54. The van der Waals surface area contributed by atoms with Crippen molar-refractivity contribution in [2.45, 2.75) is 52.4 Å². The van der Waals surface area contributed by atoms with E-state index in [1.807, 2.05) is 13.0 Å². The normalized spacial score (nSPS) is 11.0. The SMILES string of the molecule is CCCCC(C)(C)c1ccc(C)cc1O.[K]. The van der Waals surface area contributed by atoms with Gasteiger partial charge in [0.15, 0.2) is 0 Å². The van der Waals surface area contributed by atoms with E-state index >= 15 is 0 Å². The number of hydrogen-bond acceptors (Lipinski definition) is 1. The quantitative estimate of drug-likeness (QED) is 0.800. The fraction of sp³-hybridized carbons (Fsp3) is 0.571. The molecule has 0 aromatic heterocycles. The molecule has 1 aromatic carbocycles. The minimum atomic E-state index is 0. The van der Waals surface area contributed by atoms with Crippen molar-refractivity contribution in [1.29, 1.82) is 0 Å². The third-order valence-electron chi connectivity index (χ3n) is 3.04. The number of unbranched alkanes of at least 4 members (excludes halogenated alkanes) is 1. The van der Waals surface area contributed by atoms with Crippen molar-refractivity contribution in [3.8, 4) is 5.75 Å². The average molecular weight is 245 g/mol. The van der Waals surface area contributed by atoms with Gasteiger partial charge in [-0.25, -0.2) is 0 Å². The number of aryl methyl sites for hydroxylation is 1. The van der Waals surface area contributed by atoms with Crippen LogP contribution in [0.25, 0.3) is 0 Å². The van der Waals surface area contributed by atoms with Crippen LogP contribution in [0.1, 0.15) is 51.2 Å². The molecule has 0 unspecified atom stereocenters.